The lowest BCUT2D eigenvalue weighted by Gasteiger charge is -2.51. The van der Waals surface area contributed by atoms with E-state index >= 15 is 0 Å². The first kappa shape index (κ1) is 13.8. The Morgan fingerprint density at radius 1 is 1.30 bits per heavy atom. The van der Waals surface area contributed by atoms with Crippen molar-refractivity contribution in [2.45, 2.75) is 17.7 Å². The minimum absolute atomic E-state index is 0.123. The van der Waals surface area contributed by atoms with Crippen molar-refractivity contribution >= 4 is 10.0 Å². The molecule has 0 atom stereocenters. The second kappa shape index (κ2) is 4.98. The highest BCUT2D eigenvalue weighted by Gasteiger charge is 2.48. The fourth-order valence-electron chi connectivity index (χ4n) is 2.79. The second-order valence-electron chi connectivity index (χ2n) is 5.45. The standard InChI is InChI=1S/C13H18N2O4S/c1-18-11-6-12(8-14-7-11)20(16,17)15-9-13(10-15)2-4-19-5-3-13/h6-8H,2-5,9-10H2,1H3. The van der Waals surface area contributed by atoms with Crippen molar-refractivity contribution in [3.8, 4) is 5.75 Å². The predicted octanol–water partition coefficient (Wildman–Crippen LogP) is 0.891. The van der Waals surface area contributed by atoms with E-state index in [1.807, 2.05) is 0 Å². The summed E-state index contributed by atoms with van der Waals surface area (Å²) in [5.74, 6) is 0.451. The van der Waals surface area contributed by atoms with Crippen molar-refractivity contribution in [3.63, 3.8) is 0 Å². The molecule has 6 nitrogen and oxygen atoms in total. The zero-order valence-corrected chi connectivity index (χ0v) is 12.2. The van der Waals surface area contributed by atoms with Crippen LogP contribution >= 0.6 is 0 Å². The normalized spacial score (nSPS) is 22.4. The lowest BCUT2D eigenvalue weighted by molar-refractivity contribution is -0.0476. The van der Waals surface area contributed by atoms with Crippen LogP contribution in [-0.4, -0.2) is 51.1 Å². The number of hydrogen-bond acceptors (Lipinski definition) is 5. The monoisotopic (exact) mass is 298 g/mol. The Morgan fingerprint density at radius 2 is 2.00 bits per heavy atom. The molecule has 0 unspecified atom stereocenters. The van der Waals surface area contributed by atoms with Crippen molar-refractivity contribution in [1.29, 1.82) is 0 Å². The average Bonchev–Trinajstić information content (AvgIpc) is 2.45. The van der Waals surface area contributed by atoms with Crippen LogP contribution < -0.4 is 4.74 Å². The Hall–Kier alpha value is -1.18. The quantitative estimate of drug-likeness (QED) is 0.829. The van der Waals surface area contributed by atoms with E-state index in [1.165, 1.54) is 29.9 Å². The maximum Gasteiger partial charge on any atom is 0.244 e. The van der Waals surface area contributed by atoms with Gasteiger partial charge in [0, 0.05) is 44.0 Å². The summed E-state index contributed by atoms with van der Waals surface area (Å²) in [6, 6.07) is 1.51. The van der Waals surface area contributed by atoms with E-state index in [1.54, 1.807) is 0 Å². The van der Waals surface area contributed by atoms with Gasteiger partial charge in [-0.25, -0.2) is 8.42 Å². The summed E-state index contributed by atoms with van der Waals surface area (Å²) in [4.78, 5) is 4.11. The smallest absolute Gasteiger partial charge is 0.244 e. The highest BCUT2D eigenvalue weighted by molar-refractivity contribution is 7.89. The minimum Gasteiger partial charge on any atom is -0.495 e. The van der Waals surface area contributed by atoms with E-state index in [4.69, 9.17) is 9.47 Å². The van der Waals surface area contributed by atoms with Crippen LogP contribution in [0.1, 0.15) is 12.8 Å². The summed E-state index contributed by atoms with van der Waals surface area (Å²) in [5.41, 5.74) is 0.123. The van der Waals surface area contributed by atoms with Gasteiger partial charge in [-0.05, 0) is 12.8 Å². The van der Waals surface area contributed by atoms with E-state index in [0.29, 0.717) is 18.8 Å². The first-order valence-corrected chi connectivity index (χ1v) is 8.07. The van der Waals surface area contributed by atoms with Gasteiger partial charge in [0.25, 0.3) is 0 Å². The fourth-order valence-corrected chi connectivity index (χ4v) is 4.44. The summed E-state index contributed by atoms with van der Waals surface area (Å²) in [6.07, 6.45) is 4.74. The van der Waals surface area contributed by atoms with Gasteiger partial charge in [0.05, 0.1) is 13.3 Å². The van der Waals surface area contributed by atoms with Crippen LogP contribution in [-0.2, 0) is 14.8 Å². The molecular formula is C13H18N2O4S. The van der Waals surface area contributed by atoms with E-state index in [9.17, 15) is 8.42 Å². The lowest BCUT2D eigenvalue weighted by atomic mass is 9.75. The zero-order chi connectivity index (χ0) is 14.2. The van der Waals surface area contributed by atoms with Crippen molar-refractivity contribution in [3.05, 3.63) is 18.5 Å². The van der Waals surface area contributed by atoms with Gasteiger partial charge in [0.15, 0.2) is 0 Å². The number of nitrogens with zero attached hydrogens (tertiary/aromatic N) is 2. The first-order chi connectivity index (χ1) is 9.56. The third-order valence-electron chi connectivity index (χ3n) is 4.14. The Balaban J connectivity index is 1.76. The number of pyridine rings is 1. The summed E-state index contributed by atoms with van der Waals surface area (Å²) < 4.78 is 36.9. The predicted molar refractivity (Wildman–Crippen MR) is 72.0 cm³/mol. The Labute approximate surface area is 118 Å². The van der Waals surface area contributed by atoms with E-state index in [0.717, 1.165) is 26.1 Å². The van der Waals surface area contributed by atoms with Crippen LogP contribution in [0.2, 0.25) is 0 Å². The van der Waals surface area contributed by atoms with Crippen LogP contribution in [0.15, 0.2) is 23.4 Å². The van der Waals surface area contributed by atoms with Gasteiger partial charge >= 0.3 is 0 Å². The van der Waals surface area contributed by atoms with Crippen molar-refractivity contribution in [2.75, 3.05) is 33.4 Å². The molecule has 0 N–H and O–H groups in total. The minimum atomic E-state index is -3.46. The summed E-state index contributed by atoms with van der Waals surface area (Å²) in [6.45, 7) is 2.62. The van der Waals surface area contributed by atoms with Crippen molar-refractivity contribution in [2.24, 2.45) is 5.41 Å². The van der Waals surface area contributed by atoms with Gasteiger partial charge in [-0.2, -0.15) is 4.31 Å². The fraction of sp³-hybridized carbons (Fsp3) is 0.615. The van der Waals surface area contributed by atoms with Gasteiger partial charge in [-0.15, -0.1) is 0 Å². The van der Waals surface area contributed by atoms with Crippen LogP contribution in [0.3, 0.4) is 0 Å². The van der Waals surface area contributed by atoms with E-state index in [-0.39, 0.29) is 10.3 Å². The molecule has 0 aromatic carbocycles. The molecule has 2 fully saturated rings. The highest BCUT2D eigenvalue weighted by Crippen LogP contribution is 2.42. The molecule has 2 aliphatic heterocycles. The van der Waals surface area contributed by atoms with Crippen molar-refractivity contribution in [1.82, 2.24) is 9.29 Å². The zero-order valence-electron chi connectivity index (χ0n) is 11.4. The third-order valence-corrected chi connectivity index (χ3v) is 5.90. The molecule has 7 heteroatoms. The molecule has 0 aliphatic carbocycles. The van der Waals surface area contributed by atoms with E-state index < -0.39 is 10.0 Å². The largest absolute Gasteiger partial charge is 0.495 e. The Kier molecular flexibility index (Phi) is 3.43. The highest BCUT2D eigenvalue weighted by atomic mass is 32.2. The molecule has 0 amide bonds. The maximum atomic E-state index is 12.5. The van der Waals surface area contributed by atoms with Crippen molar-refractivity contribution < 1.29 is 17.9 Å². The van der Waals surface area contributed by atoms with Crippen LogP contribution in [0.5, 0.6) is 5.75 Å². The molecule has 3 rings (SSSR count). The number of hydrogen-bond donors (Lipinski definition) is 0. The second-order valence-corrected chi connectivity index (χ2v) is 7.38. The Bertz CT molecular complexity index is 588. The molecule has 1 aromatic rings. The van der Waals surface area contributed by atoms with E-state index in [2.05, 4.69) is 4.98 Å². The summed E-state index contributed by atoms with van der Waals surface area (Å²) >= 11 is 0. The van der Waals surface area contributed by atoms with Gasteiger partial charge < -0.3 is 9.47 Å². The number of methoxy groups -OCH3 is 1. The van der Waals surface area contributed by atoms with Gasteiger partial charge in [-0.1, -0.05) is 0 Å². The van der Waals surface area contributed by atoms with Gasteiger partial charge in [-0.3, -0.25) is 4.98 Å². The molecule has 20 heavy (non-hydrogen) atoms. The summed E-state index contributed by atoms with van der Waals surface area (Å²) in [5, 5.41) is 0. The van der Waals surface area contributed by atoms with Crippen LogP contribution in [0.25, 0.3) is 0 Å². The number of aromatic nitrogens is 1. The SMILES string of the molecule is COc1cncc(S(=O)(=O)N2CC3(CCOCC3)C2)c1. The molecule has 1 spiro atoms. The molecule has 0 radical (unpaired) electrons. The average molecular weight is 298 g/mol. The molecule has 2 saturated heterocycles. The van der Waals surface area contributed by atoms with Crippen LogP contribution in [0, 0.1) is 5.41 Å². The molecule has 0 saturated carbocycles. The summed E-state index contributed by atoms with van der Waals surface area (Å²) in [7, 11) is -1.97. The third kappa shape index (κ3) is 2.30. The Morgan fingerprint density at radius 3 is 2.65 bits per heavy atom. The molecular weight excluding hydrogens is 280 g/mol. The molecule has 0 bridgehead atoms. The van der Waals surface area contributed by atoms with Gasteiger partial charge in [0.2, 0.25) is 10.0 Å². The topological polar surface area (TPSA) is 68.7 Å². The van der Waals surface area contributed by atoms with Gasteiger partial charge in [0.1, 0.15) is 10.6 Å². The number of ether oxygens (including phenoxy) is 2. The molecule has 2 aliphatic rings. The molecule has 1 aromatic heterocycles. The van der Waals surface area contributed by atoms with Crippen LogP contribution in [0.4, 0.5) is 0 Å². The number of rotatable bonds is 3. The molecule has 3 heterocycles. The lowest BCUT2D eigenvalue weighted by Crippen LogP contribution is -2.60. The maximum absolute atomic E-state index is 12.5. The molecule has 110 valence electrons. The first-order valence-electron chi connectivity index (χ1n) is 6.63. The number of sulfonamides is 1.